The monoisotopic (exact) mass is 590 g/mol. The zero-order valence-corrected chi connectivity index (χ0v) is 25.3. The highest BCUT2D eigenvalue weighted by Gasteiger charge is 2.44. The minimum atomic E-state index is -0.304. The number of methoxy groups -OCH3 is 2. The van der Waals surface area contributed by atoms with Gasteiger partial charge in [-0.1, -0.05) is 42.5 Å². The zero-order valence-electron chi connectivity index (χ0n) is 25.3. The van der Waals surface area contributed by atoms with Crippen molar-refractivity contribution in [2.45, 2.75) is 31.1 Å². The van der Waals surface area contributed by atoms with Gasteiger partial charge in [-0.25, -0.2) is 0 Å². The van der Waals surface area contributed by atoms with E-state index >= 15 is 0 Å². The van der Waals surface area contributed by atoms with Gasteiger partial charge in [0, 0.05) is 72.2 Å². The van der Waals surface area contributed by atoms with Gasteiger partial charge in [0.05, 0.1) is 20.1 Å². The normalized spacial score (nSPS) is 18.3. The van der Waals surface area contributed by atoms with Crippen molar-refractivity contribution in [3.05, 3.63) is 95.8 Å². The summed E-state index contributed by atoms with van der Waals surface area (Å²) >= 11 is 0. The van der Waals surface area contributed by atoms with E-state index in [2.05, 4.69) is 70.9 Å². The summed E-state index contributed by atoms with van der Waals surface area (Å²) in [6, 6.07) is 22.7. The van der Waals surface area contributed by atoms with Crippen LogP contribution in [0.3, 0.4) is 0 Å². The molecular weight excluding hydrogens is 552 g/mol. The maximum Gasteiger partial charge on any atom is 0.227 e. The number of benzene rings is 3. The minimum Gasteiger partial charge on any atom is -0.493 e. The maximum atomic E-state index is 13.8. The molecule has 7 rings (SSSR count). The number of ether oxygens (including phenoxy) is 2. The molecule has 44 heavy (non-hydrogen) atoms. The molecule has 8 nitrogen and oxygen atoms in total. The fraction of sp³-hybridized carbons (Fsp3) is 0.333. The minimum absolute atomic E-state index is 0.0489. The predicted octanol–water partition coefficient (Wildman–Crippen LogP) is 5.67. The van der Waals surface area contributed by atoms with Gasteiger partial charge in [-0.3, -0.25) is 9.59 Å². The molecule has 2 fully saturated rings. The second-order valence-corrected chi connectivity index (χ2v) is 12.1. The van der Waals surface area contributed by atoms with Crippen LogP contribution in [0.4, 0.5) is 0 Å². The lowest BCUT2D eigenvalue weighted by Gasteiger charge is -2.43. The fourth-order valence-corrected chi connectivity index (χ4v) is 7.44. The number of hydrogen-bond donors (Lipinski definition) is 2. The van der Waals surface area contributed by atoms with Crippen LogP contribution in [0.5, 0.6) is 11.5 Å². The molecule has 2 amide bonds. The summed E-state index contributed by atoms with van der Waals surface area (Å²) in [5, 5.41) is 2.45. The molecule has 0 radical (unpaired) electrons. The maximum absolute atomic E-state index is 13.8. The number of fused-ring (bicyclic) bond motifs is 2. The highest BCUT2D eigenvalue weighted by Crippen LogP contribution is 2.47. The molecule has 8 heteroatoms. The van der Waals surface area contributed by atoms with E-state index < -0.39 is 0 Å². The molecule has 0 bridgehead atoms. The van der Waals surface area contributed by atoms with Crippen molar-refractivity contribution in [2.24, 2.45) is 5.92 Å². The molecule has 4 heterocycles. The number of para-hydroxylation sites is 2. The Kier molecular flexibility index (Phi) is 7.28. The molecule has 2 N–H and O–H groups in total. The van der Waals surface area contributed by atoms with Gasteiger partial charge in [-0.2, -0.15) is 0 Å². The number of H-pyrrole nitrogens is 2. The van der Waals surface area contributed by atoms with Crippen LogP contribution in [0, 0.1) is 5.92 Å². The van der Waals surface area contributed by atoms with E-state index in [1.807, 2.05) is 28.0 Å². The van der Waals surface area contributed by atoms with Gasteiger partial charge < -0.3 is 29.2 Å². The summed E-state index contributed by atoms with van der Waals surface area (Å²) in [6.45, 7) is 2.34. The number of hydrogen-bond acceptors (Lipinski definition) is 4. The lowest BCUT2D eigenvalue weighted by atomic mass is 9.67. The van der Waals surface area contributed by atoms with Crippen LogP contribution >= 0.6 is 0 Å². The molecule has 0 saturated carbocycles. The third-order valence-corrected chi connectivity index (χ3v) is 9.82. The summed E-state index contributed by atoms with van der Waals surface area (Å²) in [5.74, 6) is 1.19. The van der Waals surface area contributed by atoms with E-state index in [1.165, 1.54) is 21.9 Å². The molecule has 1 unspecified atom stereocenters. The molecular formula is C36H38N4O4. The highest BCUT2D eigenvalue weighted by molar-refractivity contribution is 5.91. The molecule has 2 aliphatic rings. The fourth-order valence-electron chi connectivity index (χ4n) is 7.44. The number of carbonyl (C=O) groups excluding carboxylic acids is 2. The molecule has 2 aromatic heterocycles. The molecule has 5 aromatic rings. The summed E-state index contributed by atoms with van der Waals surface area (Å²) in [6.07, 6.45) is 6.91. The molecule has 2 saturated heterocycles. The van der Waals surface area contributed by atoms with Gasteiger partial charge in [-0.05, 0) is 60.2 Å². The average molecular weight is 591 g/mol. The molecule has 1 atom stereocenters. The zero-order chi connectivity index (χ0) is 30.3. The van der Waals surface area contributed by atoms with Crippen molar-refractivity contribution in [2.75, 3.05) is 40.4 Å². The van der Waals surface area contributed by atoms with Crippen molar-refractivity contribution in [1.82, 2.24) is 19.8 Å². The third kappa shape index (κ3) is 4.78. The highest BCUT2D eigenvalue weighted by atomic mass is 16.5. The quantitative estimate of drug-likeness (QED) is 0.244. The molecule has 0 spiro atoms. The smallest absolute Gasteiger partial charge is 0.227 e. The first kappa shape index (κ1) is 28.1. The average Bonchev–Trinajstić information content (AvgIpc) is 3.80. The Bertz CT molecular complexity index is 1750. The van der Waals surface area contributed by atoms with Gasteiger partial charge >= 0.3 is 0 Å². The Morgan fingerprint density at radius 3 is 2.09 bits per heavy atom. The summed E-state index contributed by atoms with van der Waals surface area (Å²) < 4.78 is 10.8. The third-order valence-electron chi connectivity index (χ3n) is 9.82. The SMILES string of the molecule is COc1ccc(CCN2CC(C(=O)N3CCC(c4c[nH]c5ccccc45)(c4c[nH]c5ccccc45)CC3)CC2=O)cc1OC. The summed E-state index contributed by atoms with van der Waals surface area (Å²) in [7, 11) is 3.23. The van der Waals surface area contributed by atoms with Crippen molar-refractivity contribution in [3.63, 3.8) is 0 Å². The van der Waals surface area contributed by atoms with Crippen molar-refractivity contribution in [1.29, 1.82) is 0 Å². The molecule has 2 aliphatic heterocycles. The van der Waals surface area contributed by atoms with E-state index in [9.17, 15) is 9.59 Å². The van der Waals surface area contributed by atoms with Crippen LogP contribution in [-0.2, 0) is 21.4 Å². The summed E-state index contributed by atoms with van der Waals surface area (Å²) in [5.41, 5.74) is 5.62. The van der Waals surface area contributed by atoms with E-state index in [0.717, 1.165) is 29.4 Å². The number of nitrogens with one attached hydrogen (secondary N) is 2. The Morgan fingerprint density at radius 1 is 0.864 bits per heavy atom. The Hall–Kier alpha value is -4.72. The Labute approximate surface area is 256 Å². The van der Waals surface area contributed by atoms with Crippen LogP contribution in [0.1, 0.15) is 36.0 Å². The second-order valence-electron chi connectivity index (χ2n) is 12.1. The molecule has 226 valence electrons. The predicted molar refractivity (Wildman–Crippen MR) is 171 cm³/mol. The number of piperidine rings is 1. The number of aromatic nitrogens is 2. The van der Waals surface area contributed by atoms with Gasteiger partial charge in [-0.15, -0.1) is 0 Å². The molecule has 0 aliphatic carbocycles. The first-order valence-corrected chi connectivity index (χ1v) is 15.4. The number of amides is 2. The van der Waals surface area contributed by atoms with Crippen LogP contribution in [0.15, 0.2) is 79.1 Å². The second kappa shape index (κ2) is 11.4. The van der Waals surface area contributed by atoms with E-state index in [1.54, 1.807) is 14.2 Å². The van der Waals surface area contributed by atoms with Gasteiger partial charge in [0.2, 0.25) is 11.8 Å². The largest absolute Gasteiger partial charge is 0.493 e. The number of aromatic amines is 2. The lowest BCUT2D eigenvalue weighted by Crippen LogP contribution is -2.47. The van der Waals surface area contributed by atoms with Crippen LogP contribution in [0.25, 0.3) is 21.8 Å². The van der Waals surface area contributed by atoms with Crippen LogP contribution < -0.4 is 9.47 Å². The summed E-state index contributed by atoms with van der Waals surface area (Å²) in [4.78, 5) is 37.6. The van der Waals surface area contributed by atoms with E-state index in [0.29, 0.717) is 44.1 Å². The van der Waals surface area contributed by atoms with Gasteiger partial charge in [0.1, 0.15) is 0 Å². The Balaban J connectivity index is 1.07. The van der Waals surface area contributed by atoms with Crippen LogP contribution in [0.2, 0.25) is 0 Å². The van der Waals surface area contributed by atoms with E-state index in [4.69, 9.17) is 9.47 Å². The van der Waals surface area contributed by atoms with E-state index in [-0.39, 0.29) is 29.6 Å². The number of rotatable bonds is 8. The molecule has 3 aromatic carbocycles. The van der Waals surface area contributed by atoms with Crippen LogP contribution in [-0.4, -0.2) is 72.0 Å². The number of carbonyl (C=O) groups is 2. The standard InChI is InChI=1S/C36H38N4O4/c1-43-32-12-11-24(19-33(32)44-2)13-16-40-23-25(20-34(40)41)35(42)39-17-14-36(15-18-39,28-21-37-30-9-5-3-7-26(28)30)29-22-38-31-10-6-4-8-27(29)31/h3-12,19,21-22,25,37-38H,13-18,20,23H2,1-2H3. The van der Waals surface area contributed by atoms with Crippen molar-refractivity contribution >= 4 is 33.6 Å². The van der Waals surface area contributed by atoms with Crippen molar-refractivity contribution < 1.29 is 19.1 Å². The van der Waals surface area contributed by atoms with Crippen molar-refractivity contribution in [3.8, 4) is 11.5 Å². The number of likely N-dealkylation sites (tertiary alicyclic amines) is 2. The van der Waals surface area contributed by atoms with Gasteiger partial charge in [0.15, 0.2) is 11.5 Å². The first-order valence-electron chi connectivity index (χ1n) is 15.4. The Morgan fingerprint density at radius 2 is 1.48 bits per heavy atom. The van der Waals surface area contributed by atoms with Gasteiger partial charge in [0.25, 0.3) is 0 Å². The lowest BCUT2D eigenvalue weighted by molar-refractivity contribution is -0.137. The first-order chi connectivity index (χ1) is 21.5. The topological polar surface area (TPSA) is 90.7 Å². The number of nitrogens with zero attached hydrogens (tertiary/aromatic N) is 2.